The van der Waals surface area contributed by atoms with Gasteiger partial charge < -0.3 is 16.0 Å². The molecule has 2 amide bonds. The van der Waals surface area contributed by atoms with Gasteiger partial charge in [0.15, 0.2) is 0 Å². The number of hydrogen-bond acceptors (Lipinski definition) is 2. The van der Waals surface area contributed by atoms with Crippen LogP contribution in [0.15, 0.2) is 22.7 Å². The lowest BCUT2D eigenvalue weighted by Crippen LogP contribution is -2.15. The number of rotatable bonds is 1. The summed E-state index contributed by atoms with van der Waals surface area (Å²) in [4.78, 5) is 27.7. The van der Waals surface area contributed by atoms with Crippen molar-refractivity contribution >= 4 is 44.6 Å². The van der Waals surface area contributed by atoms with Gasteiger partial charge in [0.2, 0.25) is 0 Å². The van der Waals surface area contributed by atoms with Gasteiger partial charge in [-0.15, -0.1) is 0 Å². The van der Waals surface area contributed by atoms with Gasteiger partial charge >= 0.3 is 0 Å². The van der Waals surface area contributed by atoms with Gasteiger partial charge in [0.1, 0.15) is 0 Å². The summed E-state index contributed by atoms with van der Waals surface area (Å²) in [7, 11) is 0. The maximum absolute atomic E-state index is 12.6. The van der Waals surface area contributed by atoms with Crippen LogP contribution in [-0.4, -0.2) is 16.8 Å². The van der Waals surface area contributed by atoms with E-state index < -0.39 is 5.91 Å². The first-order chi connectivity index (χ1) is 11.5. The SMILES string of the molecule is Cc1[nH]c2c(c1C(N)=O)CCC/C2=C1/C(=O)Nc2ccc(Br)cc21. The highest BCUT2D eigenvalue weighted by Gasteiger charge is 2.32. The van der Waals surface area contributed by atoms with Crippen LogP contribution in [-0.2, 0) is 11.2 Å². The van der Waals surface area contributed by atoms with Gasteiger partial charge in [0, 0.05) is 27.1 Å². The third-order valence-electron chi connectivity index (χ3n) is 4.72. The molecular weight excluding hydrogens is 370 g/mol. The summed E-state index contributed by atoms with van der Waals surface area (Å²) in [6.45, 7) is 1.85. The molecule has 0 saturated heterocycles. The number of halogens is 1. The van der Waals surface area contributed by atoms with Crippen LogP contribution < -0.4 is 11.1 Å². The minimum absolute atomic E-state index is 0.0983. The molecule has 0 bridgehead atoms. The summed E-state index contributed by atoms with van der Waals surface area (Å²) < 4.78 is 0.923. The Kier molecular flexibility index (Phi) is 3.38. The number of allylic oxidation sites excluding steroid dienone is 1. The molecule has 5 nitrogen and oxygen atoms in total. The molecule has 1 aliphatic carbocycles. The Morgan fingerprint density at radius 3 is 2.83 bits per heavy atom. The van der Waals surface area contributed by atoms with Crippen LogP contribution in [0.5, 0.6) is 0 Å². The topological polar surface area (TPSA) is 88.0 Å². The minimum Gasteiger partial charge on any atom is -0.366 e. The van der Waals surface area contributed by atoms with E-state index in [1.165, 1.54) is 0 Å². The number of benzene rings is 1. The maximum atomic E-state index is 12.6. The highest BCUT2D eigenvalue weighted by atomic mass is 79.9. The Balaban J connectivity index is 1.99. The molecule has 0 unspecified atom stereocenters. The van der Waals surface area contributed by atoms with Crippen LogP contribution in [0.3, 0.4) is 0 Å². The van der Waals surface area contributed by atoms with E-state index in [0.29, 0.717) is 11.1 Å². The van der Waals surface area contributed by atoms with Crippen LogP contribution in [0.1, 0.15) is 45.7 Å². The second kappa shape index (κ2) is 5.34. The first-order valence-corrected chi connectivity index (χ1v) is 8.62. The van der Waals surface area contributed by atoms with Crippen molar-refractivity contribution in [2.75, 3.05) is 5.32 Å². The summed E-state index contributed by atoms with van der Waals surface area (Å²) in [6.07, 6.45) is 2.47. The Bertz CT molecular complexity index is 940. The first kappa shape index (κ1) is 15.2. The van der Waals surface area contributed by atoms with Crippen LogP contribution in [0.25, 0.3) is 11.1 Å². The van der Waals surface area contributed by atoms with E-state index in [1.807, 2.05) is 25.1 Å². The fourth-order valence-electron chi connectivity index (χ4n) is 3.77. The second-order valence-electron chi connectivity index (χ2n) is 6.19. The number of carbonyl (C=O) groups excluding carboxylic acids is 2. The molecular formula is C18H16BrN3O2. The van der Waals surface area contributed by atoms with Gasteiger partial charge in [-0.05, 0) is 55.5 Å². The number of anilines is 1. The number of aromatic amines is 1. The molecule has 0 radical (unpaired) electrons. The van der Waals surface area contributed by atoms with Gasteiger partial charge in [-0.3, -0.25) is 9.59 Å². The number of fused-ring (bicyclic) bond motifs is 2. The number of aryl methyl sites for hydroxylation is 1. The summed E-state index contributed by atoms with van der Waals surface area (Å²) in [5.41, 5.74) is 12.0. The molecule has 2 aliphatic rings. The first-order valence-electron chi connectivity index (χ1n) is 7.83. The van der Waals surface area contributed by atoms with E-state index >= 15 is 0 Å². The molecule has 6 heteroatoms. The summed E-state index contributed by atoms with van der Waals surface area (Å²) in [5.74, 6) is -0.519. The van der Waals surface area contributed by atoms with E-state index in [0.717, 1.165) is 57.5 Å². The average Bonchev–Trinajstić information content (AvgIpc) is 3.02. The highest BCUT2D eigenvalue weighted by molar-refractivity contribution is 9.10. The number of nitrogens with two attached hydrogens (primary N) is 1. The van der Waals surface area contributed by atoms with Crippen molar-refractivity contribution in [1.29, 1.82) is 0 Å². The van der Waals surface area contributed by atoms with Gasteiger partial charge in [-0.1, -0.05) is 15.9 Å². The smallest absolute Gasteiger partial charge is 0.256 e. The number of aromatic nitrogens is 1. The summed E-state index contributed by atoms with van der Waals surface area (Å²) in [5, 5.41) is 2.92. The number of primary amides is 1. The van der Waals surface area contributed by atoms with Crippen molar-refractivity contribution in [3.63, 3.8) is 0 Å². The largest absolute Gasteiger partial charge is 0.366 e. The lowest BCUT2D eigenvalue weighted by atomic mass is 9.86. The summed E-state index contributed by atoms with van der Waals surface area (Å²) in [6, 6.07) is 5.75. The Labute approximate surface area is 147 Å². The molecule has 1 aromatic heterocycles. The zero-order chi connectivity index (χ0) is 17.0. The standard InChI is InChI=1S/C18H16BrN3O2/c1-8-14(17(20)23)10-3-2-4-11(16(10)21-8)15-12-7-9(19)5-6-13(12)22-18(15)24/h5-7,21H,2-4H2,1H3,(H2,20,23)(H,22,24)/b15-11-. The van der Waals surface area contributed by atoms with E-state index in [-0.39, 0.29) is 5.91 Å². The predicted octanol–water partition coefficient (Wildman–Crippen LogP) is 3.38. The quantitative estimate of drug-likeness (QED) is 0.656. The van der Waals surface area contributed by atoms with Crippen LogP contribution in [0.4, 0.5) is 5.69 Å². The van der Waals surface area contributed by atoms with Gasteiger partial charge in [-0.25, -0.2) is 0 Å². The van der Waals surface area contributed by atoms with Crippen LogP contribution >= 0.6 is 15.9 Å². The minimum atomic E-state index is -0.421. The van der Waals surface area contributed by atoms with Crippen molar-refractivity contribution in [3.05, 3.63) is 50.8 Å². The molecule has 122 valence electrons. The molecule has 2 heterocycles. The van der Waals surface area contributed by atoms with E-state index in [4.69, 9.17) is 5.73 Å². The Morgan fingerprint density at radius 1 is 1.29 bits per heavy atom. The molecule has 1 aliphatic heterocycles. The molecule has 0 fully saturated rings. The number of H-pyrrole nitrogens is 1. The lowest BCUT2D eigenvalue weighted by molar-refractivity contribution is -0.110. The second-order valence-corrected chi connectivity index (χ2v) is 7.11. The molecule has 1 aromatic carbocycles. The Hall–Kier alpha value is -2.34. The van der Waals surface area contributed by atoms with Crippen LogP contribution in [0, 0.1) is 6.92 Å². The van der Waals surface area contributed by atoms with Gasteiger partial charge in [0.25, 0.3) is 11.8 Å². The number of amides is 2. The normalized spacial score (nSPS) is 19.0. The van der Waals surface area contributed by atoms with Crippen molar-refractivity contribution in [2.45, 2.75) is 26.2 Å². The molecule has 0 spiro atoms. The monoisotopic (exact) mass is 385 g/mol. The van der Waals surface area contributed by atoms with Crippen LogP contribution in [0.2, 0.25) is 0 Å². The molecule has 4 rings (SSSR count). The van der Waals surface area contributed by atoms with Gasteiger partial charge in [-0.2, -0.15) is 0 Å². The average molecular weight is 386 g/mol. The molecule has 24 heavy (non-hydrogen) atoms. The predicted molar refractivity (Wildman–Crippen MR) is 96.6 cm³/mol. The lowest BCUT2D eigenvalue weighted by Gasteiger charge is -2.18. The van der Waals surface area contributed by atoms with Crippen molar-refractivity contribution in [3.8, 4) is 0 Å². The Morgan fingerprint density at radius 2 is 2.08 bits per heavy atom. The van der Waals surface area contributed by atoms with E-state index in [1.54, 1.807) is 0 Å². The number of nitrogens with one attached hydrogen (secondary N) is 2. The summed E-state index contributed by atoms with van der Waals surface area (Å²) >= 11 is 3.47. The number of hydrogen-bond donors (Lipinski definition) is 3. The van der Waals surface area contributed by atoms with Gasteiger partial charge in [0.05, 0.1) is 11.1 Å². The zero-order valence-electron chi connectivity index (χ0n) is 13.1. The van der Waals surface area contributed by atoms with E-state index in [2.05, 4.69) is 26.2 Å². The fourth-order valence-corrected chi connectivity index (χ4v) is 4.13. The zero-order valence-corrected chi connectivity index (χ0v) is 14.7. The van der Waals surface area contributed by atoms with Crippen molar-refractivity contribution < 1.29 is 9.59 Å². The molecule has 0 atom stereocenters. The highest BCUT2D eigenvalue weighted by Crippen LogP contribution is 2.43. The molecule has 0 saturated carbocycles. The van der Waals surface area contributed by atoms with E-state index in [9.17, 15) is 9.59 Å². The molecule has 2 aromatic rings. The molecule has 4 N–H and O–H groups in total. The van der Waals surface area contributed by atoms with Crippen molar-refractivity contribution in [1.82, 2.24) is 4.98 Å². The maximum Gasteiger partial charge on any atom is 0.256 e. The van der Waals surface area contributed by atoms with Crippen molar-refractivity contribution in [2.24, 2.45) is 5.73 Å². The third-order valence-corrected chi connectivity index (χ3v) is 5.21. The fraction of sp³-hybridized carbons (Fsp3) is 0.222. The third kappa shape index (κ3) is 2.13. The number of carbonyl (C=O) groups is 2.